The lowest BCUT2D eigenvalue weighted by Gasteiger charge is -2.17. The molecule has 1 amide bonds. The van der Waals surface area contributed by atoms with Crippen LogP contribution in [-0.4, -0.2) is 17.9 Å². The Labute approximate surface area is 110 Å². The van der Waals surface area contributed by atoms with Gasteiger partial charge in [0.15, 0.2) is 0 Å². The number of aromatic nitrogens is 1. The summed E-state index contributed by atoms with van der Waals surface area (Å²) in [6.07, 6.45) is 1.03. The molecule has 0 atom stereocenters. The van der Waals surface area contributed by atoms with E-state index in [9.17, 15) is 9.18 Å². The third-order valence-corrected chi connectivity index (χ3v) is 2.78. The van der Waals surface area contributed by atoms with Crippen LogP contribution >= 0.6 is 0 Å². The van der Waals surface area contributed by atoms with Gasteiger partial charge in [-0.3, -0.25) is 4.79 Å². The third kappa shape index (κ3) is 2.95. The fourth-order valence-electron chi connectivity index (χ4n) is 1.68. The molecule has 2 aromatic rings. The van der Waals surface area contributed by atoms with Gasteiger partial charge in [0.2, 0.25) is 0 Å². The minimum absolute atomic E-state index is 0.196. The van der Waals surface area contributed by atoms with Gasteiger partial charge in [-0.2, -0.15) is 0 Å². The fraction of sp³-hybridized carbons (Fsp3) is 0.143. The number of nitrogens with zero attached hydrogens (tertiary/aromatic N) is 2. The number of pyridine rings is 1. The van der Waals surface area contributed by atoms with Crippen molar-refractivity contribution < 1.29 is 9.18 Å². The van der Waals surface area contributed by atoms with E-state index in [0.29, 0.717) is 6.54 Å². The normalized spacial score (nSPS) is 10.3. The summed E-state index contributed by atoms with van der Waals surface area (Å²) in [7, 11) is 1.64. The number of halogens is 1. The Hall–Kier alpha value is -2.27. The van der Waals surface area contributed by atoms with E-state index in [1.54, 1.807) is 13.1 Å². The topological polar surface area (TPSA) is 59.2 Å². The molecule has 98 valence electrons. The highest BCUT2D eigenvalue weighted by molar-refractivity contribution is 6.04. The monoisotopic (exact) mass is 259 g/mol. The summed E-state index contributed by atoms with van der Waals surface area (Å²) < 4.78 is 12.8. The Balaban J connectivity index is 2.25. The summed E-state index contributed by atoms with van der Waals surface area (Å²) in [6.45, 7) is 0.407. The summed E-state index contributed by atoms with van der Waals surface area (Å²) in [4.78, 5) is 17.4. The molecule has 2 rings (SSSR count). The predicted octanol–water partition coefficient (Wildman–Crippen LogP) is 1.96. The molecule has 1 aromatic heterocycles. The van der Waals surface area contributed by atoms with Gasteiger partial charge >= 0.3 is 0 Å². The molecular weight excluding hydrogens is 245 g/mol. The fourth-order valence-corrected chi connectivity index (χ4v) is 1.68. The van der Waals surface area contributed by atoms with Gasteiger partial charge in [0.05, 0.1) is 6.20 Å². The van der Waals surface area contributed by atoms with Crippen LogP contribution in [-0.2, 0) is 6.54 Å². The van der Waals surface area contributed by atoms with Crippen molar-refractivity contribution in [3.63, 3.8) is 0 Å². The maximum absolute atomic E-state index is 12.8. The number of anilines is 1. The standard InChI is InChI=1S/C14H14FN3O/c1-18(12-4-2-3-10(7-12)8-16)14(19)13-6-5-11(15)9-17-13/h2-7,9H,8,16H2,1H3. The summed E-state index contributed by atoms with van der Waals surface area (Å²) in [6, 6.07) is 9.94. The van der Waals surface area contributed by atoms with Crippen LogP contribution in [0.25, 0.3) is 0 Å². The first-order valence-corrected chi connectivity index (χ1v) is 5.80. The van der Waals surface area contributed by atoms with Crippen LogP contribution in [0.4, 0.5) is 10.1 Å². The number of hydrogen-bond donors (Lipinski definition) is 1. The Morgan fingerprint density at radius 2 is 2.16 bits per heavy atom. The lowest BCUT2D eigenvalue weighted by molar-refractivity contribution is 0.0988. The average Bonchev–Trinajstić information content (AvgIpc) is 2.46. The van der Waals surface area contributed by atoms with E-state index in [1.165, 1.54) is 17.0 Å². The van der Waals surface area contributed by atoms with Gasteiger partial charge in [-0.1, -0.05) is 12.1 Å². The van der Waals surface area contributed by atoms with Gasteiger partial charge in [0.25, 0.3) is 5.91 Å². The molecule has 0 radical (unpaired) electrons. The van der Waals surface area contributed by atoms with Crippen molar-refractivity contribution in [2.24, 2.45) is 5.73 Å². The molecular formula is C14H14FN3O. The minimum Gasteiger partial charge on any atom is -0.326 e. The summed E-state index contributed by atoms with van der Waals surface area (Å²) >= 11 is 0. The van der Waals surface area contributed by atoms with Gasteiger partial charge in [0.1, 0.15) is 11.5 Å². The summed E-state index contributed by atoms with van der Waals surface area (Å²) in [5.41, 5.74) is 7.42. The molecule has 0 saturated carbocycles. The maximum atomic E-state index is 12.8. The summed E-state index contributed by atoms with van der Waals surface area (Å²) in [5.74, 6) is -0.765. The highest BCUT2D eigenvalue weighted by atomic mass is 19.1. The summed E-state index contributed by atoms with van der Waals surface area (Å²) in [5, 5.41) is 0. The molecule has 0 saturated heterocycles. The Bertz CT molecular complexity index is 583. The van der Waals surface area contributed by atoms with Crippen LogP contribution < -0.4 is 10.6 Å². The molecule has 0 unspecified atom stereocenters. The Morgan fingerprint density at radius 3 is 2.79 bits per heavy atom. The average molecular weight is 259 g/mol. The van der Waals surface area contributed by atoms with E-state index in [0.717, 1.165) is 17.4 Å². The number of amides is 1. The molecule has 19 heavy (non-hydrogen) atoms. The van der Waals surface area contributed by atoms with Crippen LogP contribution in [0, 0.1) is 5.82 Å². The molecule has 2 N–H and O–H groups in total. The Kier molecular flexibility index (Phi) is 3.87. The number of carbonyl (C=O) groups is 1. The first-order chi connectivity index (χ1) is 9.11. The van der Waals surface area contributed by atoms with Crippen molar-refractivity contribution in [2.45, 2.75) is 6.54 Å². The van der Waals surface area contributed by atoms with Crippen LogP contribution in [0.15, 0.2) is 42.6 Å². The lowest BCUT2D eigenvalue weighted by Crippen LogP contribution is -2.27. The van der Waals surface area contributed by atoms with E-state index in [-0.39, 0.29) is 11.6 Å². The van der Waals surface area contributed by atoms with Crippen molar-refractivity contribution in [1.29, 1.82) is 0 Å². The molecule has 0 spiro atoms. The van der Waals surface area contributed by atoms with Crippen molar-refractivity contribution in [2.75, 3.05) is 11.9 Å². The van der Waals surface area contributed by atoms with Crippen molar-refractivity contribution >= 4 is 11.6 Å². The van der Waals surface area contributed by atoms with Gasteiger partial charge < -0.3 is 10.6 Å². The zero-order chi connectivity index (χ0) is 13.8. The van der Waals surface area contributed by atoms with Crippen LogP contribution in [0.2, 0.25) is 0 Å². The first-order valence-electron chi connectivity index (χ1n) is 5.80. The minimum atomic E-state index is -0.468. The number of nitrogens with two attached hydrogens (primary N) is 1. The molecule has 0 aliphatic carbocycles. The molecule has 4 nitrogen and oxygen atoms in total. The molecule has 5 heteroatoms. The number of rotatable bonds is 3. The zero-order valence-electron chi connectivity index (χ0n) is 10.5. The maximum Gasteiger partial charge on any atom is 0.276 e. The smallest absolute Gasteiger partial charge is 0.276 e. The number of carbonyl (C=O) groups excluding carboxylic acids is 1. The molecule has 0 bridgehead atoms. The van der Waals surface area contributed by atoms with E-state index in [4.69, 9.17) is 5.73 Å². The Morgan fingerprint density at radius 1 is 1.37 bits per heavy atom. The van der Waals surface area contributed by atoms with Gasteiger partial charge in [-0.05, 0) is 29.8 Å². The SMILES string of the molecule is CN(C(=O)c1ccc(F)cn1)c1cccc(CN)c1. The number of hydrogen-bond acceptors (Lipinski definition) is 3. The van der Waals surface area contributed by atoms with E-state index < -0.39 is 5.82 Å². The highest BCUT2D eigenvalue weighted by Crippen LogP contribution is 2.16. The first kappa shape index (κ1) is 13.2. The predicted molar refractivity (Wildman–Crippen MR) is 71.3 cm³/mol. The second-order valence-corrected chi connectivity index (χ2v) is 4.10. The van der Waals surface area contributed by atoms with Crippen molar-refractivity contribution in [1.82, 2.24) is 4.98 Å². The molecule has 1 aromatic carbocycles. The van der Waals surface area contributed by atoms with Crippen molar-refractivity contribution in [3.8, 4) is 0 Å². The largest absolute Gasteiger partial charge is 0.326 e. The molecule has 0 aliphatic heterocycles. The quantitative estimate of drug-likeness (QED) is 0.916. The van der Waals surface area contributed by atoms with E-state index in [2.05, 4.69) is 4.98 Å². The van der Waals surface area contributed by atoms with Gasteiger partial charge in [-0.25, -0.2) is 9.37 Å². The van der Waals surface area contributed by atoms with Crippen LogP contribution in [0.5, 0.6) is 0 Å². The van der Waals surface area contributed by atoms with Gasteiger partial charge in [0, 0.05) is 19.3 Å². The van der Waals surface area contributed by atoms with Crippen molar-refractivity contribution in [3.05, 3.63) is 59.7 Å². The van der Waals surface area contributed by atoms with E-state index in [1.807, 2.05) is 18.2 Å². The molecule has 0 fully saturated rings. The molecule has 0 aliphatic rings. The van der Waals surface area contributed by atoms with E-state index >= 15 is 0 Å². The second kappa shape index (κ2) is 5.58. The number of benzene rings is 1. The lowest BCUT2D eigenvalue weighted by atomic mass is 10.2. The zero-order valence-corrected chi connectivity index (χ0v) is 10.5. The van der Waals surface area contributed by atoms with Crippen LogP contribution in [0.1, 0.15) is 16.1 Å². The molecule has 1 heterocycles. The third-order valence-electron chi connectivity index (χ3n) is 2.78. The highest BCUT2D eigenvalue weighted by Gasteiger charge is 2.14. The van der Waals surface area contributed by atoms with Gasteiger partial charge in [-0.15, -0.1) is 0 Å². The second-order valence-electron chi connectivity index (χ2n) is 4.10. The van der Waals surface area contributed by atoms with Crippen LogP contribution in [0.3, 0.4) is 0 Å².